The molecule has 5 nitrogen and oxygen atoms in total. The Morgan fingerprint density at radius 2 is 1.74 bits per heavy atom. The maximum absolute atomic E-state index is 12.9. The number of hydrogen-bond acceptors (Lipinski definition) is 4. The van der Waals surface area contributed by atoms with Crippen LogP contribution in [0, 0.1) is 6.92 Å². The zero-order valence-electron chi connectivity index (χ0n) is 14.7. The molecule has 6 heteroatoms. The van der Waals surface area contributed by atoms with E-state index in [2.05, 4.69) is 10.3 Å². The largest absolute Gasteiger partial charge is 0.325 e. The Morgan fingerprint density at radius 1 is 1.07 bits per heavy atom. The van der Waals surface area contributed by atoms with Gasteiger partial charge < -0.3 is 5.32 Å². The van der Waals surface area contributed by atoms with Gasteiger partial charge in [0.05, 0.1) is 11.7 Å². The number of para-hydroxylation sites is 1. The van der Waals surface area contributed by atoms with Crippen LogP contribution in [0.2, 0.25) is 0 Å². The molecule has 1 N–H and O–H groups in total. The van der Waals surface area contributed by atoms with Gasteiger partial charge >= 0.3 is 0 Å². The minimum Gasteiger partial charge on any atom is -0.325 e. The summed E-state index contributed by atoms with van der Waals surface area (Å²) in [6.07, 6.45) is 1.44. The number of benzene rings is 2. The Bertz CT molecular complexity index is 1160. The molecule has 2 aromatic carbocycles. The molecule has 0 bridgehead atoms. The maximum atomic E-state index is 12.9. The lowest BCUT2D eigenvalue weighted by atomic mass is 10.1. The van der Waals surface area contributed by atoms with E-state index in [4.69, 9.17) is 0 Å². The van der Waals surface area contributed by atoms with Crippen LogP contribution in [0.4, 0.5) is 5.69 Å². The fraction of sp³-hybridized carbons (Fsp3) is 0.0952. The van der Waals surface area contributed by atoms with Crippen LogP contribution in [-0.4, -0.2) is 15.5 Å². The number of aryl methyl sites for hydroxylation is 1. The zero-order chi connectivity index (χ0) is 18.8. The van der Waals surface area contributed by atoms with Crippen molar-refractivity contribution >= 4 is 33.1 Å². The Balaban J connectivity index is 1.67. The van der Waals surface area contributed by atoms with Crippen LogP contribution in [0.25, 0.3) is 20.7 Å². The van der Waals surface area contributed by atoms with Crippen LogP contribution in [0.5, 0.6) is 0 Å². The molecule has 2 heterocycles. The van der Waals surface area contributed by atoms with Gasteiger partial charge in [-0.05, 0) is 30.2 Å². The highest BCUT2D eigenvalue weighted by atomic mass is 32.1. The fourth-order valence-corrected chi connectivity index (χ4v) is 4.16. The lowest BCUT2D eigenvalue weighted by Crippen LogP contribution is -2.27. The van der Waals surface area contributed by atoms with Crippen LogP contribution in [-0.2, 0) is 11.3 Å². The lowest BCUT2D eigenvalue weighted by molar-refractivity contribution is -0.116. The molecule has 0 fully saturated rings. The Morgan fingerprint density at radius 3 is 2.44 bits per heavy atom. The number of rotatable bonds is 4. The molecule has 0 aliphatic heterocycles. The van der Waals surface area contributed by atoms with E-state index in [0.717, 1.165) is 16.0 Å². The Labute approximate surface area is 159 Å². The van der Waals surface area contributed by atoms with Crippen LogP contribution in [0.15, 0.2) is 71.8 Å². The third-order valence-corrected chi connectivity index (χ3v) is 5.57. The molecule has 0 radical (unpaired) electrons. The van der Waals surface area contributed by atoms with E-state index in [1.165, 1.54) is 22.2 Å². The second kappa shape index (κ2) is 7.17. The maximum Gasteiger partial charge on any atom is 0.262 e. The highest BCUT2D eigenvalue weighted by molar-refractivity contribution is 7.22. The number of amides is 1. The number of nitrogens with one attached hydrogen (secondary N) is 1. The topological polar surface area (TPSA) is 64.0 Å². The van der Waals surface area contributed by atoms with Crippen molar-refractivity contribution in [2.24, 2.45) is 0 Å². The molecule has 2 aromatic heterocycles. The number of aromatic nitrogens is 2. The van der Waals surface area contributed by atoms with E-state index in [9.17, 15) is 9.59 Å². The second-order valence-electron chi connectivity index (χ2n) is 6.19. The Kier molecular flexibility index (Phi) is 4.56. The summed E-state index contributed by atoms with van der Waals surface area (Å²) in [5, 5.41) is 3.37. The van der Waals surface area contributed by atoms with Crippen LogP contribution in [0.3, 0.4) is 0 Å². The molecule has 0 saturated heterocycles. The molecule has 0 aliphatic rings. The smallest absolute Gasteiger partial charge is 0.262 e. The van der Waals surface area contributed by atoms with E-state index in [1.807, 2.05) is 55.5 Å². The van der Waals surface area contributed by atoms with Gasteiger partial charge in [0.2, 0.25) is 5.91 Å². The van der Waals surface area contributed by atoms with Gasteiger partial charge in [-0.2, -0.15) is 0 Å². The Hall–Kier alpha value is -3.25. The van der Waals surface area contributed by atoms with Gasteiger partial charge in [-0.25, -0.2) is 4.98 Å². The van der Waals surface area contributed by atoms with Gasteiger partial charge in [0.1, 0.15) is 11.4 Å². The van der Waals surface area contributed by atoms with Gasteiger partial charge in [0.15, 0.2) is 0 Å². The molecular weight excluding hydrogens is 358 g/mol. The summed E-state index contributed by atoms with van der Waals surface area (Å²) in [7, 11) is 0. The van der Waals surface area contributed by atoms with Crippen molar-refractivity contribution in [2.75, 3.05) is 5.32 Å². The third kappa shape index (κ3) is 3.39. The van der Waals surface area contributed by atoms with Gasteiger partial charge in [0, 0.05) is 10.6 Å². The summed E-state index contributed by atoms with van der Waals surface area (Å²) in [5.74, 6) is -0.263. The number of anilines is 1. The number of nitrogens with zero attached hydrogens (tertiary/aromatic N) is 2. The first-order valence-corrected chi connectivity index (χ1v) is 9.34. The number of hydrogen-bond donors (Lipinski definition) is 1. The average molecular weight is 375 g/mol. The highest BCUT2D eigenvalue weighted by Gasteiger charge is 2.16. The first kappa shape index (κ1) is 17.2. The van der Waals surface area contributed by atoms with Gasteiger partial charge in [0.25, 0.3) is 5.56 Å². The van der Waals surface area contributed by atoms with Gasteiger partial charge in [-0.15, -0.1) is 11.3 Å². The molecule has 0 spiro atoms. The molecule has 134 valence electrons. The number of thiophene rings is 1. The van der Waals surface area contributed by atoms with Crippen molar-refractivity contribution in [2.45, 2.75) is 13.5 Å². The fourth-order valence-electron chi connectivity index (χ4n) is 3.01. The van der Waals surface area contributed by atoms with Crippen LogP contribution >= 0.6 is 11.3 Å². The lowest BCUT2D eigenvalue weighted by Gasteiger charge is -2.07. The van der Waals surface area contributed by atoms with Gasteiger partial charge in [-0.1, -0.05) is 48.5 Å². The predicted molar refractivity (Wildman–Crippen MR) is 109 cm³/mol. The zero-order valence-corrected chi connectivity index (χ0v) is 15.5. The van der Waals surface area contributed by atoms with Crippen LogP contribution < -0.4 is 10.9 Å². The molecule has 0 aliphatic carbocycles. The SMILES string of the molecule is Cc1c(-c2ccccc2)sc2ncn(CC(=O)Nc3ccccc3)c(=O)c12. The third-order valence-electron chi connectivity index (χ3n) is 4.32. The van der Waals surface area contributed by atoms with E-state index in [0.29, 0.717) is 15.9 Å². The molecule has 1 amide bonds. The standard InChI is InChI=1S/C21H17N3O2S/c1-14-18-20(27-19(14)15-8-4-2-5-9-15)22-13-24(21(18)26)12-17(25)23-16-10-6-3-7-11-16/h2-11,13H,12H2,1H3,(H,23,25). The molecule has 0 atom stereocenters. The van der Waals surface area contributed by atoms with Crippen molar-refractivity contribution in [3.05, 3.63) is 82.9 Å². The first-order valence-electron chi connectivity index (χ1n) is 8.52. The van der Waals surface area contributed by atoms with Crippen molar-refractivity contribution in [1.29, 1.82) is 0 Å². The highest BCUT2D eigenvalue weighted by Crippen LogP contribution is 2.35. The van der Waals surface area contributed by atoms with E-state index < -0.39 is 0 Å². The molecule has 27 heavy (non-hydrogen) atoms. The van der Waals surface area contributed by atoms with Crippen LogP contribution in [0.1, 0.15) is 5.56 Å². The number of carbonyl (C=O) groups is 1. The normalized spacial score (nSPS) is 10.9. The van der Waals surface area contributed by atoms with Crippen molar-refractivity contribution in [3.8, 4) is 10.4 Å². The van der Waals surface area contributed by atoms with E-state index in [1.54, 1.807) is 12.1 Å². The summed E-state index contributed by atoms with van der Waals surface area (Å²) in [6.45, 7) is 1.85. The monoisotopic (exact) mass is 375 g/mol. The number of fused-ring (bicyclic) bond motifs is 1. The quantitative estimate of drug-likeness (QED) is 0.585. The second-order valence-corrected chi connectivity index (χ2v) is 7.19. The number of carbonyl (C=O) groups excluding carboxylic acids is 1. The van der Waals surface area contributed by atoms with Crippen molar-refractivity contribution in [3.63, 3.8) is 0 Å². The summed E-state index contributed by atoms with van der Waals surface area (Å²) in [5.41, 5.74) is 2.46. The first-order chi connectivity index (χ1) is 13.1. The molecule has 4 rings (SSSR count). The average Bonchev–Trinajstić information content (AvgIpc) is 3.03. The van der Waals surface area contributed by atoms with E-state index >= 15 is 0 Å². The van der Waals surface area contributed by atoms with Gasteiger partial charge in [-0.3, -0.25) is 14.2 Å². The predicted octanol–water partition coefficient (Wildman–Crippen LogP) is 4.07. The minimum absolute atomic E-state index is 0.0768. The molecular formula is C21H17N3O2S. The summed E-state index contributed by atoms with van der Waals surface area (Å²) in [4.78, 5) is 31.3. The summed E-state index contributed by atoms with van der Waals surface area (Å²) >= 11 is 1.50. The van der Waals surface area contributed by atoms with E-state index in [-0.39, 0.29) is 18.0 Å². The molecule has 0 saturated carbocycles. The summed E-state index contributed by atoms with van der Waals surface area (Å²) < 4.78 is 1.36. The molecule has 0 unspecified atom stereocenters. The summed E-state index contributed by atoms with van der Waals surface area (Å²) in [6, 6.07) is 19.1. The minimum atomic E-state index is -0.263. The van der Waals surface area contributed by atoms with Crippen molar-refractivity contribution in [1.82, 2.24) is 9.55 Å². The molecule has 4 aromatic rings. The van der Waals surface area contributed by atoms with Crippen molar-refractivity contribution < 1.29 is 4.79 Å².